The minimum Gasteiger partial charge on any atom is -0.350 e. The highest BCUT2D eigenvalue weighted by atomic mass is 19.4. The first-order valence-electron chi connectivity index (χ1n) is 6.82. The molecule has 7 heteroatoms. The predicted molar refractivity (Wildman–Crippen MR) is 75.7 cm³/mol. The van der Waals surface area contributed by atoms with Crippen LogP contribution in [0.15, 0.2) is 24.3 Å². The van der Waals surface area contributed by atoms with Crippen LogP contribution >= 0.6 is 0 Å². The summed E-state index contributed by atoms with van der Waals surface area (Å²) in [5.41, 5.74) is -0.187. The van der Waals surface area contributed by atoms with Crippen LogP contribution in [-0.2, 0) is 22.3 Å². The van der Waals surface area contributed by atoms with Gasteiger partial charge in [-0.25, -0.2) is 0 Å². The number of halogens is 3. The maximum Gasteiger partial charge on any atom is 0.416 e. The van der Waals surface area contributed by atoms with E-state index in [1.54, 1.807) is 13.8 Å². The molecule has 0 aromatic heterocycles. The maximum absolute atomic E-state index is 12.4. The van der Waals surface area contributed by atoms with Gasteiger partial charge in [0.05, 0.1) is 5.56 Å². The van der Waals surface area contributed by atoms with Gasteiger partial charge in [-0.3, -0.25) is 9.59 Å². The molecule has 0 heterocycles. The van der Waals surface area contributed by atoms with E-state index in [0.717, 1.165) is 12.1 Å². The highest BCUT2D eigenvalue weighted by Gasteiger charge is 2.30. The summed E-state index contributed by atoms with van der Waals surface area (Å²) in [6, 6.07) is 3.88. The molecule has 0 saturated carbocycles. The lowest BCUT2D eigenvalue weighted by molar-refractivity contribution is -0.137. The zero-order valence-electron chi connectivity index (χ0n) is 12.6. The van der Waals surface area contributed by atoms with E-state index in [1.165, 1.54) is 19.1 Å². The molecule has 0 fully saturated rings. The number of nitrogens with one attached hydrogen (secondary N) is 2. The van der Waals surface area contributed by atoms with Gasteiger partial charge in [-0.2, -0.15) is 13.2 Å². The monoisotopic (exact) mass is 316 g/mol. The molecular weight excluding hydrogens is 297 g/mol. The van der Waals surface area contributed by atoms with Crippen LogP contribution < -0.4 is 10.6 Å². The molecule has 0 aliphatic rings. The van der Waals surface area contributed by atoms with Crippen molar-refractivity contribution in [3.05, 3.63) is 35.4 Å². The van der Waals surface area contributed by atoms with Gasteiger partial charge in [0.15, 0.2) is 0 Å². The van der Waals surface area contributed by atoms with Crippen LogP contribution in [0.4, 0.5) is 13.2 Å². The van der Waals surface area contributed by atoms with E-state index >= 15 is 0 Å². The van der Waals surface area contributed by atoms with Crippen molar-refractivity contribution in [2.45, 2.75) is 39.5 Å². The summed E-state index contributed by atoms with van der Waals surface area (Å²) in [4.78, 5) is 23.1. The molecule has 0 aliphatic heterocycles. The summed E-state index contributed by atoms with van der Waals surface area (Å²) in [6.07, 6.45) is -4.38. The summed E-state index contributed by atoms with van der Waals surface area (Å²) in [5, 5.41) is 5.15. The van der Waals surface area contributed by atoms with E-state index in [9.17, 15) is 22.8 Å². The Hall–Kier alpha value is -2.05. The van der Waals surface area contributed by atoms with Gasteiger partial charge in [-0.05, 0) is 23.6 Å². The topological polar surface area (TPSA) is 58.2 Å². The zero-order chi connectivity index (χ0) is 16.9. The molecule has 1 aromatic carbocycles. The molecule has 1 aromatic rings. The molecule has 0 saturated heterocycles. The van der Waals surface area contributed by atoms with E-state index < -0.39 is 17.8 Å². The second-order valence-corrected chi connectivity index (χ2v) is 5.33. The van der Waals surface area contributed by atoms with Crippen LogP contribution in [0.5, 0.6) is 0 Å². The zero-order valence-corrected chi connectivity index (χ0v) is 12.6. The Bertz CT molecular complexity index is 525. The van der Waals surface area contributed by atoms with Gasteiger partial charge >= 0.3 is 6.18 Å². The van der Waals surface area contributed by atoms with Gasteiger partial charge in [-0.15, -0.1) is 0 Å². The number of amides is 2. The van der Waals surface area contributed by atoms with Crippen LogP contribution in [-0.4, -0.2) is 17.9 Å². The van der Waals surface area contributed by atoms with Crippen molar-refractivity contribution in [3.63, 3.8) is 0 Å². The van der Waals surface area contributed by atoms with Gasteiger partial charge in [0.25, 0.3) is 0 Å². The molecule has 1 rings (SSSR count). The second kappa shape index (κ2) is 7.29. The Balaban J connectivity index is 2.64. The Morgan fingerprint density at radius 2 is 1.68 bits per heavy atom. The van der Waals surface area contributed by atoms with Gasteiger partial charge in [0.1, 0.15) is 6.04 Å². The second-order valence-electron chi connectivity index (χ2n) is 5.33. The van der Waals surface area contributed by atoms with Crippen LogP contribution in [0, 0.1) is 5.92 Å². The SMILES string of the molecule is CC(=O)N[C@@H](C(=O)NCc1ccc(C(F)(F)F)cc1)C(C)C. The van der Waals surface area contributed by atoms with Crippen LogP contribution in [0.25, 0.3) is 0 Å². The minimum absolute atomic E-state index is 0.0970. The molecule has 2 N–H and O–H groups in total. The first-order valence-corrected chi connectivity index (χ1v) is 6.82. The third-order valence-electron chi connectivity index (χ3n) is 3.06. The van der Waals surface area contributed by atoms with Crippen molar-refractivity contribution in [1.29, 1.82) is 0 Å². The number of hydrogen-bond donors (Lipinski definition) is 2. The summed E-state index contributed by atoms with van der Waals surface area (Å²) in [6.45, 7) is 4.99. The molecule has 1 atom stereocenters. The molecule has 4 nitrogen and oxygen atoms in total. The Kier molecular flexibility index (Phi) is 5.96. The van der Waals surface area contributed by atoms with Crippen molar-refractivity contribution in [2.75, 3.05) is 0 Å². The van der Waals surface area contributed by atoms with Gasteiger partial charge < -0.3 is 10.6 Å². The fourth-order valence-electron chi connectivity index (χ4n) is 1.86. The molecule has 0 bridgehead atoms. The molecule has 0 spiro atoms. The minimum atomic E-state index is -4.38. The fraction of sp³-hybridized carbons (Fsp3) is 0.467. The number of rotatable bonds is 5. The average Bonchev–Trinajstić information content (AvgIpc) is 2.41. The first-order chi connectivity index (χ1) is 10.1. The number of carbonyl (C=O) groups is 2. The number of benzene rings is 1. The van der Waals surface area contributed by atoms with Crippen molar-refractivity contribution >= 4 is 11.8 Å². The summed E-state index contributed by atoms with van der Waals surface area (Å²) < 4.78 is 37.3. The number of carbonyl (C=O) groups excluding carboxylic acids is 2. The van der Waals surface area contributed by atoms with Crippen LogP contribution in [0.2, 0.25) is 0 Å². The van der Waals surface area contributed by atoms with Gasteiger partial charge in [-0.1, -0.05) is 26.0 Å². The predicted octanol–water partition coefficient (Wildman–Crippen LogP) is 2.48. The fourth-order valence-corrected chi connectivity index (χ4v) is 1.86. The molecule has 122 valence electrons. The van der Waals surface area contributed by atoms with E-state index in [4.69, 9.17) is 0 Å². The third-order valence-corrected chi connectivity index (χ3v) is 3.06. The lowest BCUT2D eigenvalue weighted by Gasteiger charge is -2.21. The Morgan fingerprint density at radius 3 is 2.09 bits per heavy atom. The molecule has 2 amide bonds. The van der Waals surface area contributed by atoms with Crippen molar-refractivity contribution < 1.29 is 22.8 Å². The summed E-state index contributed by atoms with van der Waals surface area (Å²) >= 11 is 0. The lowest BCUT2D eigenvalue weighted by atomic mass is 10.0. The highest BCUT2D eigenvalue weighted by molar-refractivity contribution is 5.86. The largest absolute Gasteiger partial charge is 0.416 e. The normalized spacial score (nSPS) is 12.9. The van der Waals surface area contributed by atoms with Crippen LogP contribution in [0.3, 0.4) is 0 Å². The molecule has 0 unspecified atom stereocenters. The van der Waals surface area contributed by atoms with Crippen molar-refractivity contribution in [3.8, 4) is 0 Å². The Morgan fingerprint density at radius 1 is 1.14 bits per heavy atom. The molecule has 0 aliphatic carbocycles. The van der Waals surface area contributed by atoms with E-state index in [0.29, 0.717) is 5.56 Å². The summed E-state index contributed by atoms with van der Waals surface area (Å²) in [7, 11) is 0. The standard InChI is InChI=1S/C15H19F3N2O2/c1-9(2)13(20-10(3)21)14(22)19-8-11-4-6-12(7-5-11)15(16,17)18/h4-7,9,13H,8H2,1-3H3,(H,19,22)(H,20,21)/t13-/m1/s1. The number of hydrogen-bond acceptors (Lipinski definition) is 2. The smallest absolute Gasteiger partial charge is 0.350 e. The molecule has 0 radical (unpaired) electrons. The number of alkyl halides is 3. The van der Waals surface area contributed by atoms with Crippen LogP contribution in [0.1, 0.15) is 31.9 Å². The first kappa shape index (κ1) is 18.0. The quantitative estimate of drug-likeness (QED) is 0.877. The third kappa shape index (κ3) is 5.38. The van der Waals surface area contributed by atoms with Gasteiger partial charge in [0.2, 0.25) is 11.8 Å². The highest BCUT2D eigenvalue weighted by Crippen LogP contribution is 2.29. The van der Waals surface area contributed by atoms with Crippen molar-refractivity contribution in [2.24, 2.45) is 5.92 Å². The molecular formula is C15H19F3N2O2. The maximum atomic E-state index is 12.4. The Labute approximate surface area is 127 Å². The average molecular weight is 316 g/mol. The van der Waals surface area contributed by atoms with Gasteiger partial charge in [0, 0.05) is 13.5 Å². The van der Waals surface area contributed by atoms with E-state index in [1.807, 2.05) is 0 Å². The molecule has 22 heavy (non-hydrogen) atoms. The van der Waals surface area contributed by atoms with E-state index in [-0.39, 0.29) is 24.3 Å². The van der Waals surface area contributed by atoms with Crippen molar-refractivity contribution in [1.82, 2.24) is 10.6 Å². The summed E-state index contributed by atoms with van der Waals surface area (Å²) in [5.74, 6) is -0.787. The lowest BCUT2D eigenvalue weighted by Crippen LogP contribution is -2.48. The van der Waals surface area contributed by atoms with E-state index in [2.05, 4.69) is 10.6 Å².